The molecule has 0 spiro atoms. The van der Waals surface area contributed by atoms with Gasteiger partial charge in [-0.1, -0.05) is 72.8 Å². The highest BCUT2D eigenvalue weighted by Gasteiger charge is 2.18. The maximum atomic E-state index is 15.1. The third kappa shape index (κ3) is 8.81. The van der Waals surface area contributed by atoms with E-state index in [1.807, 2.05) is 66.7 Å². The number of anilines is 1. The summed E-state index contributed by atoms with van der Waals surface area (Å²) < 4.78 is 32.4. The highest BCUT2D eigenvalue weighted by molar-refractivity contribution is 5.85. The van der Waals surface area contributed by atoms with Crippen LogP contribution in [0.3, 0.4) is 0 Å². The minimum absolute atomic E-state index is 0.0541. The van der Waals surface area contributed by atoms with Gasteiger partial charge in [0.1, 0.15) is 30.3 Å². The zero-order valence-electron chi connectivity index (χ0n) is 22.9. The van der Waals surface area contributed by atoms with Crippen molar-refractivity contribution in [3.63, 3.8) is 0 Å². The molecule has 0 aliphatic carbocycles. The van der Waals surface area contributed by atoms with E-state index in [-0.39, 0.29) is 12.2 Å². The van der Waals surface area contributed by atoms with Crippen LogP contribution in [0.25, 0.3) is 0 Å². The van der Waals surface area contributed by atoms with E-state index < -0.39 is 17.5 Å². The molecule has 40 heavy (non-hydrogen) atoms. The Morgan fingerprint density at radius 1 is 0.850 bits per heavy atom. The molecule has 1 heterocycles. The molecule has 0 saturated carbocycles. The summed E-state index contributed by atoms with van der Waals surface area (Å²) in [6.07, 6.45) is 0.942. The molecule has 4 aromatic rings. The molecule has 1 amide bonds. The average molecular weight is 544 g/mol. The van der Waals surface area contributed by atoms with Crippen LogP contribution in [0.2, 0.25) is 0 Å². The predicted molar refractivity (Wildman–Crippen MR) is 153 cm³/mol. The van der Waals surface area contributed by atoms with Gasteiger partial charge in [-0.3, -0.25) is 10.3 Å². The number of amides is 1. The standard InChI is InChI=1S/C32H34FN3O4/c1-32(2,3)40-31(37)36-27-16-10-15-25(30(27)33)18-34-20-28-29(39-22-24-13-8-5-9-14-24)17-26(19-35-28)38-21-23-11-6-4-7-12-23/h4-17,19,34H,18,20-22H2,1-3H3,(H,36,37). The van der Waals surface area contributed by atoms with Gasteiger partial charge in [0.2, 0.25) is 0 Å². The van der Waals surface area contributed by atoms with E-state index in [2.05, 4.69) is 15.6 Å². The van der Waals surface area contributed by atoms with Crippen molar-refractivity contribution >= 4 is 11.8 Å². The van der Waals surface area contributed by atoms with Crippen LogP contribution in [0.15, 0.2) is 91.1 Å². The van der Waals surface area contributed by atoms with Crippen molar-refractivity contribution in [2.24, 2.45) is 0 Å². The first-order valence-corrected chi connectivity index (χ1v) is 13.1. The first-order chi connectivity index (χ1) is 19.3. The largest absolute Gasteiger partial charge is 0.487 e. The van der Waals surface area contributed by atoms with Gasteiger partial charge in [0.25, 0.3) is 0 Å². The monoisotopic (exact) mass is 543 g/mol. The average Bonchev–Trinajstić information content (AvgIpc) is 2.93. The van der Waals surface area contributed by atoms with Crippen molar-refractivity contribution in [2.75, 3.05) is 5.32 Å². The molecule has 8 heteroatoms. The van der Waals surface area contributed by atoms with E-state index in [1.54, 1.807) is 39.1 Å². The normalized spacial score (nSPS) is 11.1. The lowest BCUT2D eigenvalue weighted by Gasteiger charge is -2.20. The molecule has 7 nitrogen and oxygen atoms in total. The molecule has 0 aliphatic rings. The number of nitrogens with one attached hydrogen (secondary N) is 2. The van der Waals surface area contributed by atoms with Crippen molar-refractivity contribution in [3.05, 3.63) is 119 Å². The number of aromatic nitrogens is 1. The minimum atomic E-state index is -0.713. The topological polar surface area (TPSA) is 81.7 Å². The molecule has 0 saturated heterocycles. The molecule has 0 atom stereocenters. The number of ether oxygens (including phenoxy) is 3. The Bertz CT molecular complexity index is 1390. The maximum Gasteiger partial charge on any atom is 0.412 e. The number of nitrogens with zero attached hydrogens (tertiary/aromatic N) is 1. The Balaban J connectivity index is 1.42. The maximum absolute atomic E-state index is 15.1. The molecule has 0 radical (unpaired) electrons. The van der Waals surface area contributed by atoms with Crippen LogP contribution in [0, 0.1) is 5.82 Å². The Hall–Kier alpha value is -4.43. The SMILES string of the molecule is CC(C)(C)OC(=O)Nc1cccc(CNCc2ncc(OCc3ccccc3)cc2OCc2ccccc2)c1F. The van der Waals surface area contributed by atoms with Crippen LogP contribution in [-0.2, 0) is 31.0 Å². The molecular weight excluding hydrogens is 509 g/mol. The molecule has 1 aromatic heterocycles. The van der Waals surface area contributed by atoms with Gasteiger partial charge in [0, 0.05) is 24.7 Å². The molecule has 2 N–H and O–H groups in total. The third-order valence-corrected chi connectivity index (χ3v) is 5.71. The number of halogens is 1. The summed E-state index contributed by atoms with van der Waals surface area (Å²) in [6.45, 7) is 6.55. The molecule has 0 fully saturated rings. The van der Waals surface area contributed by atoms with E-state index in [9.17, 15) is 4.79 Å². The van der Waals surface area contributed by atoms with Gasteiger partial charge in [0.05, 0.1) is 17.6 Å². The van der Waals surface area contributed by atoms with Crippen LogP contribution < -0.4 is 20.1 Å². The molecule has 4 rings (SSSR count). The number of hydrogen-bond donors (Lipinski definition) is 2. The van der Waals surface area contributed by atoms with Gasteiger partial charge in [-0.15, -0.1) is 0 Å². The van der Waals surface area contributed by atoms with Gasteiger partial charge in [-0.25, -0.2) is 9.18 Å². The van der Waals surface area contributed by atoms with E-state index in [0.29, 0.717) is 42.5 Å². The first kappa shape index (κ1) is 28.6. The van der Waals surface area contributed by atoms with Gasteiger partial charge >= 0.3 is 6.09 Å². The van der Waals surface area contributed by atoms with Gasteiger partial charge < -0.3 is 19.5 Å². The van der Waals surface area contributed by atoms with Crippen molar-refractivity contribution in [1.82, 2.24) is 10.3 Å². The van der Waals surface area contributed by atoms with Gasteiger partial charge in [-0.05, 0) is 38.0 Å². The lowest BCUT2D eigenvalue weighted by atomic mass is 10.1. The molecule has 0 unspecified atom stereocenters. The summed E-state index contributed by atoms with van der Waals surface area (Å²) in [5, 5.41) is 5.70. The molecule has 208 valence electrons. The summed E-state index contributed by atoms with van der Waals surface area (Å²) in [5.74, 6) is 0.629. The number of carbonyl (C=O) groups excluding carboxylic acids is 1. The van der Waals surface area contributed by atoms with Crippen molar-refractivity contribution in [1.29, 1.82) is 0 Å². The van der Waals surface area contributed by atoms with Crippen LogP contribution in [0.5, 0.6) is 11.5 Å². The first-order valence-electron chi connectivity index (χ1n) is 13.1. The Labute approximate surface area is 234 Å². The number of hydrogen-bond acceptors (Lipinski definition) is 6. The van der Waals surface area contributed by atoms with Crippen LogP contribution >= 0.6 is 0 Å². The lowest BCUT2D eigenvalue weighted by molar-refractivity contribution is 0.0635. The van der Waals surface area contributed by atoms with Crippen LogP contribution in [0.1, 0.15) is 43.2 Å². The fourth-order valence-corrected chi connectivity index (χ4v) is 3.81. The number of rotatable bonds is 11. The minimum Gasteiger partial charge on any atom is -0.487 e. The molecule has 0 bridgehead atoms. The van der Waals surface area contributed by atoms with E-state index in [1.165, 1.54) is 6.07 Å². The highest BCUT2D eigenvalue weighted by Crippen LogP contribution is 2.25. The number of benzene rings is 3. The van der Waals surface area contributed by atoms with Gasteiger partial charge in [0.15, 0.2) is 5.82 Å². The van der Waals surface area contributed by atoms with Gasteiger partial charge in [-0.2, -0.15) is 0 Å². The van der Waals surface area contributed by atoms with Crippen LogP contribution in [-0.4, -0.2) is 16.7 Å². The summed E-state index contributed by atoms with van der Waals surface area (Å²) in [5.41, 5.74) is 2.49. The molecule has 3 aromatic carbocycles. The quantitative estimate of drug-likeness (QED) is 0.212. The number of carbonyl (C=O) groups is 1. The molecular formula is C32H34FN3O4. The van der Waals surface area contributed by atoms with Crippen LogP contribution in [0.4, 0.5) is 14.9 Å². The number of pyridine rings is 1. The summed E-state index contributed by atoms with van der Waals surface area (Å²) >= 11 is 0. The summed E-state index contributed by atoms with van der Waals surface area (Å²) in [6, 6.07) is 26.4. The summed E-state index contributed by atoms with van der Waals surface area (Å²) in [7, 11) is 0. The van der Waals surface area contributed by atoms with E-state index in [0.717, 1.165) is 11.1 Å². The summed E-state index contributed by atoms with van der Waals surface area (Å²) in [4.78, 5) is 16.7. The Morgan fingerprint density at radius 3 is 2.15 bits per heavy atom. The second-order valence-corrected chi connectivity index (χ2v) is 10.2. The smallest absolute Gasteiger partial charge is 0.412 e. The second kappa shape index (κ2) is 13.6. The van der Waals surface area contributed by atoms with Crippen molar-refractivity contribution in [2.45, 2.75) is 52.7 Å². The van der Waals surface area contributed by atoms with E-state index in [4.69, 9.17) is 14.2 Å². The zero-order chi connectivity index (χ0) is 28.4. The molecule has 0 aliphatic heterocycles. The zero-order valence-corrected chi connectivity index (χ0v) is 22.9. The second-order valence-electron chi connectivity index (χ2n) is 10.2. The Kier molecular flexibility index (Phi) is 9.70. The third-order valence-electron chi connectivity index (χ3n) is 5.71. The van der Waals surface area contributed by atoms with E-state index >= 15 is 4.39 Å². The fraction of sp³-hybridized carbons (Fsp3) is 0.250. The van der Waals surface area contributed by atoms with Crippen molar-refractivity contribution < 1.29 is 23.4 Å². The Morgan fingerprint density at radius 2 is 1.50 bits per heavy atom. The van der Waals surface area contributed by atoms with Crippen molar-refractivity contribution in [3.8, 4) is 11.5 Å². The highest BCUT2D eigenvalue weighted by atomic mass is 19.1. The predicted octanol–water partition coefficient (Wildman–Crippen LogP) is 7.02. The lowest BCUT2D eigenvalue weighted by Crippen LogP contribution is -2.27. The fourth-order valence-electron chi connectivity index (χ4n) is 3.81.